The Kier molecular flexibility index (Phi) is 6.51. The molecule has 3 N–H and O–H groups in total. The van der Waals surface area contributed by atoms with Crippen LogP contribution in [0.25, 0.3) is 10.2 Å². The molecule has 10 heteroatoms. The summed E-state index contributed by atoms with van der Waals surface area (Å²) in [7, 11) is 0. The highest BCUT2D eigenvalue weighted by Crippen LogP contribution is 2.27. The average Bonchev–Trinajstić information content (AvgIpc) is 3.14. The molecule has 0 aliphatic rings. The topological polar surface area (TPSA) is 122 Å². The minimum Gasteiger partial charge on any atom is -0.326 e. The summed E-state index contributed by atoms with van der Waals surface area (Å²) in [5.41, 5.74) is 1.91. The monoisotopic (exact) mass is 475 g/mol. The molecule has 0 aliphatic carbocycles. The summed E-state index contributed by atoms with van der Waals surface area (Å²) in [6.45, 7) is 2.87. The van der Waals surface area contributed by atoms with Crippen LogP contribution in [0.4, 0.5) is 17.1 Å². The standard InChI is InChI=1S/C24H21N5O4S/c1-14-20-23(34-21(14)22(32)28-16-6-4-3-5-7-16)25-13-29(24(20)33)12-19(31)27-18-10-8-17(9-11-18)26-15(2)30/h3-11,13H,12H2,1-2H3,(H,26,30)(H,27,31)(H,28,32). The molecule has 0 unspecified atom stereocenters. The van der Waals surface area contributed by atoms with Crippen molar-refractivity contribution in [1.29, 1.82) is 0 Å². The molecule has 2 aromatic heterocycles. The van der Waals surface area contributed by atoms with Crippen molar-refractivity contribution in [3.8, 4) is 0 Å². The van der Waals surface area contributed by atoms with Gasteiger partial charge in [-0.05, 0) is 48.9 Å². The number of anilines is 3. The van der Waals surface area contributed by atoms with Crippen LogP contribution in [-0.2, 0) is 16.1 Å². The van der Waals surface area contributed by atoms with Crippen LogP contribution in [0.15, 0.2) is 65.7 Å². The van der Waals surface area contributed by atoms with Crippen molar-refractivity contribution in [1.82, 2.24) is 9.55 Å². The van der Waals surface area contributed by atoms with Crippen LogP contribution in [0.3, 0.4) is 0 Å². The lowest BCUT2D eigenvalue weighted by molar-refractivity contribution is -0.117. The number of hydrogen-bond donors (Lipinski definition) is 3. The Labute approximate surface area is 198 Å². The number of rotatable bonds is 6. The second-order valence-corrected chi connectivity index (χ2v) is 8.54. The zero-order valence-electron chi connectivity index (χ0n) is 18.4. The highest BCUT2D eigenvalue weighted by Gasteiger charge is 2.20. The van der Waals surface area contributed by atoms with Crippen LogP contribution in [0.2, 0.25) is 0 Å². The molecule has 9 nitrogen and oxygen atoms in total. The number of aromatic nitrogens is 2. The van der Waals surface area contributed by atoms with E-state index in [9.17, 15) is 19.2 Å². The van der Waals surface area contributed by atoms with Crippen LogP contribution in [0, 0.1) is 6.92 Å². The van der Waals surface area contributed by atoms with Crippen LogP contribution < -0.4 is 21.5 Å². The molecule has 2 heterocycles. The van der Waals surface area contributed by atoms with Crippen molar-refractivity contribution in [3.05, 3.63) is 81.7 Å². The van der Waals surface area contributed by atoms with Gasteiger partial charge in [-0.25, -0.2) is 4.98 Å². The molecular formula is C24H21N5O4S. The zero-order chi connectivity index (χ0) is 24.2. The van der Waals surface area contributed by atoms with Crippen molar-refractivity contribution >= 4 is 56.3 Å². The molecule has 172 valence electrons. The summed E-state index contributed by atoms with van der Waals surface area (Å²) < 4.78 is 1.21. The molecule has 0 aliphatic heterocycles. The number of para-hydroxylation sites is 1. The summed E-state index contributed by atoms with van der Waals surface area (Å²) in [4.78, 5) is 54.5. The fourth-order valence-corrected chi connectivity index (χ4v) is 4.43. The van der Waals surface area contributed by atoms with Gasteiger partial charge in [0.1, 0.15) is 11.4 Å². The minimum absolute atomic E-state index is 0.191. The largest absolute Gasteiger partial charge is 0.326 e. The van der Waals surface area contributed by atoms with Gasteiger partial charge in [0, 0.05) is 24.0 Å². The molecule has 0 radical (unpaired) electrons. The van der Waals surface area contributed by atoms with E-state index >= 15 is 0 Å². The number of amides is 3. The number of thiophene rings is 1. The van der Waals surface area contributed by atoms with Crippen LogP contribution in [0.1, 0.15) is 22.2 Å². The van der Waals surface area contributed by atoms with Crippen molar-refractivity contribution < 1.29 is 14.4 Å². The Bertz CT molecular complexity index is 1440. The van der Waals surface area contributed by atoms with Crippen molar-refractivity contribution in [2.75, 3.05) is 16.0 Å². The van der Waals surface area contributed by atoms with E-state index in [1.54, 1.807) is 43.3 Å². The van der Waals surface area contributed by atoms with Gasteiger partial charge in [0.25, 0.3) is 11.5 Å². The Morgan fingerprint density at radius 2 is 1.53 bits per heavy atom. The summed E-state index contributed by atoms with van der Waals surface area (Å²) in [6, 6.07) is 15.6. The summed E-state index contributed by atoms with van der Waals surface area (Å²) in [6.07, 6.45) is 1.30. The molecule has 0 spiro atoms. The highest BCUT2D eigenvalue weighted by atomic mass is 32.1. The predicted octanol–water partition coefficient (Wildman–Crippen LogP) is 3.62. The van der Waals surface area contributed by atoms with Crippen molar-refractivity contribution in [3.63, 3.8) is 0 Å². The van der Waals surface area contributed by atoms with Gasteiger partial charge < -0.3 is 16.0 Å². The second-order valence-electron chi connectivity index (χ2n) is 7.54. The summed E-state index contributed by atoms with van der Waals surface area (Å²) in [5, 5.41) is 8.49. The smallest absolute Gasteiger partial charge is 0.266 e. The Hall–Kier alpha value is -4.31. The lowest BCUT2D eigenvalue weighted by atomic mass is 10.2. The lowest BCUT2D eigenvalue weighted by Crippen LogP contribution is -2.28. The van der Waals surface area contributed by atoms with E-state index in [1.807, 2.05) is 18.2 Å². The van der Waals surface area contributed by atoms with E-state index in [1.165, 1.54) is 17.8 Å². The van der Waals surface area contributed by atoms with Gasteiger partial charge in [-0.15, -0.1) is 11.3 Å². The molecule has 0 fully saturated rings. The fraction of sp³-hybridized carbons (Fsp3) is 0.125. The lowest BCUT2D eigenvalue weighted by Gasteiger charge is -2.08. The summed E-state index contributed by atoms with van der Waals surface area (Å²) >= 11 is 1.13. The first-order valence-electron chi connectivity index (χ1n) is 10.3. The second kappa shape index (κ2) is 9.67. The minimum atomic E-state index is -0.412. The fourth-order valence-electron chi connectivity index (χ4n) is 3.39. The molecule has 4 aromatic rings. The van der Waals surface area contributed by atoms with E-state index in [4.69, 9.17) is 0 Å². The van der Waals surface area contributed by atoms with Gasteiger partial charge in [-0.2, -0.15) is 0 Å². The molecule has 4 rings (SSSR count). The van der Waals surface area contributed by atoms with Gasteiger partial charge in [-0.1, -0.05) is 18.2 Å². The first-order chi connectivity index (χ1) is 16.3. The molecule has 34 heavy (non-hydrogen) atoms. The van der Waals surface area contributed by atoms with E-state index in [-0.39, 0.29) is 18.4 Å². The maximum atomic E-state index is 13.1. The van der Waals surface area contributed by atoms with Gasteiger partial charge >= 0.3 is 0 Å². The van der Waals surface area contributed by atoms with Gasteiger partial charge in [0.2, 0.25) is 11.8 Å². The maximum absolute atomic E-state index is 13.1. The first-order valence-corrected chi connectivity index (χ1v) is 11.2. The molecule has 0 atom stereocenters. The Balaban J connectivity index is 1.51. The SMILES string of the molecule is CC(=O)Nc1ccc(NC(=O)Cn2cnc3sc(C(=O)Nc4ccccc4)c(C)c3c2=O)cc1. The first kappa shape index (κ1) is 22.9. The van der Waals surface area contributed by atoms with E-state index in [2.05, 4.69) is 20.9 Å². The number of fused-ring (bicyclic) bond motifs is 1. The third kappa shape index (κ3) is 5.02. The van der Waals surface area contributed by atoms with Crippen molar-refractivity contribution in [2.24, 2.45) is 0 Å². The highest BCUT2D eigenvalue weighted by molar-refractivity contribution is 7.20. The average molecular weight is 476 g/mol. The summed E-state index contributed by atoms with van der Waals surface area (Å²) in [5.74, 6) is -0.924. The maximum Gasteiger partial charge on any atom is 0.266 e. The van der Waals surface area contributed by atoms with Gasteiger partial charge in [0.05, 0.1) is 16.6 Å². The van der Waals surface area contributed by atoms with E-state index < -0.39 is 11.5 Å². The Morgan fingerprint density at radius 1 is 0.912 bits per heavy atom. The number of nitrogens with zero attached hydrogens (tertiary/aromatic N) is 2. The number of benzene rings is 2. The molecule has 0 saturated heterocycles. The third-order valence-corrected chi connectivity index (χ3v) is 6.16. The molecule has 2 aromatic carbocycles. The van der Waals surface area contributed by atoms with Crippen LogP contribution in [-0.4, -0.2) is 27.3 Å². The van der Waals surface area contributed by atoms with Crippen LogP contribution in [0.5, 0.6) is 0 Å². The molecular weight excluding hydrogens is 454 g/mol. The molecule has 0 bridgehead atoms. The van der Waals surface area contributed by atoms with Crippen LogP contribution >= 0.6 is 11.3 Å². The molecule has 3 amide bonds. The Morgan fingerprint density at radius 3 is 2.18 bits per heavy atom. The van der Waals surface area contributed by atoms with Gasteiger partial charge in [0.15, 0.2) is 0 Å². The zero-order valence-corrected chi connectivity index (χ0v) is 19.2. The predicted molar refractivity (Wildman–Crippen MR) is 132 cm³/mol. The third-order valence-electron chi connectivity index (χ3n) is 4.96. The van der Waals surface area contributed by atoms with Gasteiger partial charge in [-0.3, -0.25) is 23.7 Å². The number of carbonyl (C=O) groups is 3. The normalized spacial score (nSPS) is 10.6. The number of carbonyl (C=O) groups excluding carboxylic acids is 3. The number of hydrogen-bond acceptors (Lipinski definition) is 6. The van der Waals surface area contributed by atoms with E-state index in [0.717, 1.165) is 11.3 Å². The van der Waals surface area contributed by atoms with E-state index in [0.29, 0.717) is 37.7 Å². The molecule has 0 saturated carbocycles. The number of nitrogens with one attached hydrogen (secondary N) is 3. The van der Waals surface area contributed by atoms with Crippen molar-refractivity contribution in [2.45, 2.75) is 20.4 Å². The number of aryl methyl sites for hydroxylation is 1. The quantitative estimate of drug-likeness (QED) is 0.393.